The van der Waals surface area contributed by atoms with E-state index in [9.17, 15) is 0 Å². The van der Waals surface area contributed by atoms with E-state index in [4.69, 9.17) is 20.9 Å². The highest BCUT2D eigenvalue weighted by Crippen LogP contribution is 2.25. The average molecular weight is 388 g/mol. The van der Waals surface area contributed by atoms with E-state index in [2.05, 4.69) is 31.9 Å². The van der Waals surface area contributed by atoms with E-state index in [0.717, 1.165) is 18.7 Å². The van der Waals surface area contributed by atoms with E-state index in [1.165, 1.54) is 0 Å². The van der Waals surface area contributed by atoms with Gasteiger partial charge >= 0.3 is 0 Å². The summed E-state index contributed by atoms with van der Waals surface area (Å²) in [4.78, 5) is 15.3. The zero-order chi connectivity index (χ0) is 19.1. The topological polar surface area (TPSA) is 77.2 Å². The van der Waals surface area contributed by atoms with Crippen molar-refractivity contribution >= 4 is 11.6 Å². The van der Waals surface area contributed by atoms with Crippen LogP contribution in [0, 0.1) is 0 Å². The molecular weight excluding hydrogens is 366 g/mol. The van der Waals surface area contributed by atoms with E-state index in [1.807, 2.05) is 24.3 Å². The number of ether oxygens (including phenoxy) is 1. The van der Waals surface area contributed by atoms with Gasteiger partial charge in [0, 0.05) is 38.7 Å². The van der Waals surface area contributed by atoms with Crippen molar-refractivity contribution in [3.63, 3.8) is 0 Å². The van der Waals surface area contributed by atoms with E-state index in [1.54, 1.807) is 25.6 Å². The minimum atomic E-state index is 0.0976. The van der Waals surface area contributed by atoms with Gasteiger partial charge in [0.05, 0.1) is 17.8 Å². The van der Waals surface area contributed by atoms with Crippen molar-refractivity contribution in [2.45, 2.75) is 25.9 Å². The Hall–Kier alpha value is -2.35. The zero-order valence-electron chi connectivity index (χ0n) is 15.4. The third kappa shape index (κ3) is 5.09. The molecule has 0 bridgehead atoms. The van der Waals surface area contributed by atoms with Gasteiger partial charge in [-0.2, -0.15) is 4.98 Å². The van der Waals surface area contributed by atoms with E-state index in [-0.39, 0.29) is 6.04 Å². The lowest BCUT2D eigenvalue weighted by molar-refractivity contribution is 0.137. The number of hydrogen-bond donors (Lipinski definition) is 0. The van der Waals surface area contributed by atoms with Crippen molar-refractivity contribution in [1.29, 1.82) is 0 Å². The molecule has 0 aliphatic rings. The second kappa shape index (κ2) is 9.55. The van der Waals surface area contributed by atoms with Gasteiger partial charge in [0.15, 0.2) is 0 Å². The van der Waals surface area contributed by atoms with Gasteiger partial charge in [0.2, 0.25) is 11.7 Å². The van der Waals surface area contributed by atoms with Crippen LogP contribution in [0.5, 0.6) is 0 Å². The third-order valence-electron chi connectivity index (χ3n) is 4.26. The Morgan fingerprint density at radius 3 is 2.78 bits per heavy atom. The van der Waals surface area contributed by atoms with Crippen LogP contribution >= 0.6 is 11.6 Å². The molecule has 0 aliphatic heterocycles. The fourth-order valence-electron chi connectivity index (χ4n) is 2.79. The molecule has 3 heterocycles. The lowest BCUT2D eigenvalue weighted by Gasteiger charge is -2.27. The van der Waals surface area contributed by atoms with Crippen LogP contribution in [-0.2, 0) is 11.3 Å². The molecule has 1 unspecified atom stereocenters. The van der Waals surface area contributed by atoms with Crippen molar-refractivity contribution < 1.29 is 9.26 Å². The van der Waals surface area contributed by atoms with Gasteiger partial charge in [-0.1, -0.05) is 22.8 Å². The summed E-state index contributed by atoms with van der Waals surface area (Å²) < 4.78 is 10.6. The van der Waals surface area contributed by atoms with E-state index >= 15 is 0 Å². The molecule has 0 aliphatic carbocycles. The van der Waals surface area contributed by atoms with Crippen LogP contribution in [0.3, 0.4) is 0 Å². The van der Waals surface area contributed by atoms with Gasteiger partial charge in [-0.05, 0) is 37.6 Å². The van der Waals surface area contributed by atoms with Crippen molar-refractivity contribution in [1.82, 2.24) is 25.0 Å². The Morgan fingerprint density at radius 2 is 2.04 bits per heavy atom. The molecule has 0 aromatic carbocycles. The minimum Gasteiger partial charge on any atom is -0.385 e. The number of pyridine rings is 2. The lowest BCUT2D eigenvalue weighted by atomic mass is 10.1. The summed E-state index contributed by atoms with van der Waals surface area (Å²) in [6, 6.07) is 9.62. The molecule has 7 nitrogen and oxygen atoms in total. The first-order valence-electron chi connectivity index (χ1n) is 8.76. The number of hydrogen-bond acceptors (Lipinski definition) is 7. The smallest absolute Gasteiger partial charge is 0.241 e. The number of halogens is 1. The van der Waals surface area contributed by atoms with Crippen LogP contribution in [0.15, 0.2) is 47.2 Å². The van der Waals surface area contributed by atoms with Gasteiger partial charge in [-0.3, -0.25) is 9.88 Å². The molecule has 3 rings (SSSR count). The number of rotatable bonds is 9. The normalized spacial score (nSPS) is 12.4. The molecule has 0 N–H and O–H groups in total. The Kier molecular flexibility index (Phi) is 6.86. The largest absolute Gasteiger partial charge is 0.385 e. The summed E-state index contributed by atoms with van der Waals surface area (Å²) in [5, 5.41) is 4.40. The third-order valence-corrected chi connectivity index (χ3v) is 4.56. The first kappa shape index (κ1) is 19.4. The lowest BCUT2D eigenvalue weighted by Crippen LogP contribution is -2.29. The summed E-state index contributed by atoms with van der Waals surface area (Å²) in [5.41, 5.74) is 1.64. The highest BCUT2D eigenvalue weighted by molar-refractivity contribution is 6.31. The fourth-order valence-corrected chi connectivity index (χ4v) is 2.99. The van der Waals surface area contributed by atoms with E-state index in [0.29, 0.717) is 35.6 Å². The number of aromatic nitrogens is 4. The summed E-state index contributed by atoms with van der Waals surface area (Å²) in [6.45, 7) is 4.12. The van der Waals surface area contributed by atoms with Crippen molar-refractivity contribution in [3.05, 3.63) is 59.5 Å². The molecule has 0 fully saturated rings. The standard InChI is InChI=1S/C19H22ClN5O2/c1-14(16-8-3-4-9-21-16)25(11-6-12-26-2)13-17-23-19(24-27-17)15-7-5-10-22-18(15)20/h3-5,7-10,14H,6,11-13H2,1-2H3. The number of methoxy groups -OCH3 is 1. The molecule has 0 spiro atoms. The first-order chi connectivity index (χ1) is 13.2. The van der Waals surface area contributed by atoms with Crippen LogP contribution < -0.4 is 0 Å². The second-order valence-corrected chi connectivity index (χ2v) is 6.46. The highest BCUT2D eigenvalue weighted by Gasteiger charge is 2.20. The summed E-state index contributed by atoms with van der Waals surface area (Å²) >= 11 is 6.12. The molecule has 3 aromatic heterocycles. The predicted octanol–water partition coefficient (Wildman–Crippen LogP) is 3.78. The van der Waals surface area contributed by atoms with Crippen LogP contribution in [-0.4, -0.2) is 45.3 Å². The van der Waals surface area contributed by atoms with Crippen LogP contribution in [0.25, 0.3) is 11.4 Å². The van der Waals surface area contributed by atoms with Gasteiger partial charge < -0.3 is 9.26 Å². The zero-order valence-corrected chi connectivity index (χ0v) is 16.1. The molecule has 0 radical (unpaired) electrons. The predicted molar refractivity (Wildman–Crippen MR) is 102 cm³/mol. The molecule has 8 heteroatoms. The Balaban J connectivity index is 1.77. The van der Waals surface area contributed by atoms with E-state index < -0.39 is 0 Å². The van der Waals surface area contributed by atoms with Gasteiger partial charge in [0.25, 0.3) is 0 Å². The Bertz CT molecular complexity index is 843. The quantitative estimate of drug-likeness (QED) is 0.408. The molecule has 0 saturated heterocycles. The second-order valence-electron chi connectivity index (χ2n) is 6.10. The molecule has 0 amide bonds. The monoisotopic (exact) mass is 387 g/mol. The summed E-state index contributed by atoms with van der Waals surface area (Å²) in [5.74, 6) is 0.954. The average Bonchev–Trinajstić information content (AvgIpc) is 3.16. The summed E-state index contributed by atoms with van der Waals surface area (Å²) in [6.07, 6.45) is 4.32. The van der Waals surface area contributed by atoms with Crippen LogP contribution in [0.1, 0.15) is 31.0 Å². The van der Waals surface area contributed by atoms with Crippen molar-refractivity contribution in [2.75, 3.05) is 20.3 Å². The maximum Gasteiger partial charge on any atom is 0.241 e. The minimum absolute atomic E-state index is 0.0976. The molecule has 0 saturated carbocycles. The highest BCUT2D eigenvalue weighted by atomic mass is 35.5. The molecule has 142 valence electrons. The molecule has 3 aromatic rings. The number of nitrogens with zero attached hydrogens (tertiary/aromatic N) is 5. The van der Waals surface area contributed by atoms with Crippen molar-refractivity contribution in [2.24, 2.45) is 0 Å². The molecule has 1 atom stereocenters. The fraction of sp³-hybridized carbons (Fsp3) is 0.368. The van der Waals surface area contributed by atoms with Gasteiger partial charge in [-0.25, -0.2) is 4.98 Å². The van der Waals surface area contributed by atoms with Gasteiger partial charge in [0.1, 0.15) is 5.15 Å². The van der Waals surface area contributed by atoms with Crippen LogP contribution in [0.4, 0.5) is 0 Å². The Morgan fingerprint density at radius 1 is 1.19 bits per heavy atom. The SMILES string of the molecule is COCCCN(Cc1nc(-c2cccnc2Cl)no1)C(C)c1ccccn1. The molecular formula is C19H22ClN5O2. The summed E-state index contributed by atoms with van der Waals surface area (Å²) in [7, 11) is 1.70. The maximum absolute atomic E-state index is 6.12. The van der Waals surface area contributed by atoms with Crippen LogP contribution in [0.2, 0.25) is 5.15 Å². The molecule has 27 heavy (non-hydrogen) atoms. The maximum atomic E-state index is 6.12. The first-order valence-corrected chi connectivity index (χ1v) is 9.14. The Labute approximate surface area is 163 Å². The van der Waals surface area contributed by atoms with Gasteiger partial charge in [-0.15, -0.1) is 0 Å². The van der Waals surface area contributed by atoms with Crippen molar-refractivity contribution in [3.8, 4) is 11.4 Å².